The van der Waals surface area contributed by atoms with Gasteiger partial charge in [-0.3, -0.25) is 4.79 Å². The van der Waals surface area contributed by atoms with Crippen molar-refractivity contribution in [2.24, 2.45) is 0 Å². The van der Waals surface area contributed by atoms with E-state index < -0.39 is 11.9 Å². The molecule has 2 heterocycles. The Morgan fingerprint density at radius 1 is 1.56 bits per heavy atom. The van der Waals surface area contributed by atoms with Gasteiger partial charge in [-0.1, -0.05) is 11.6 Å². The average Bonchev–Trinajstić information content (AvgIpc) is 2.85. The number of amides is 1. The Morgan fingerprint density at radius 2 is 2.28 bits per heavy atom. The normalized spacial score (nSPS) is 10.3. The molecule has 2 aromatic heterocycles. The Balaban J connectivity index is 2.25. The van der Waals surface area contributed by atoms with Gasteiger partial charge in [-0.15, -0.1) is 0 Å². The van der Waals surface area contributed by atoms with Crippen LogP contribution in [-0.4, -0.2) is 26.3 Å². The lowest BCUT2D eigenvalue weighted by Crippen LogP contribution is -2.13. The van der Waals surface area contributed by atoms with Gasteiger partial charge in [0, 0.05) is 6.20 Å². The number of H-pyrrole nitrogens is 1. The molecule has 0 aliphatic rings. The van der Waals surface area contributed by atoms with Gasteiger partial charge in [-0.05, 0) is 24.5 Å². The van der Waals surface area contributed by atoms with Crippen molar-refractivity contribution in [3.8, 4) is 0 Å². The van der Waals surface area contributed by atoms with Crippen LogP contribution < -0.4 is 5.32 Å². The zero-order chi connectivity index (χ0) is 13.3. The molecule has 94 valence electrons. The quantitative estimate of drug-likeness (QED) is 0.807. The SMILES string of the molecule is Cc1nsc(NC(=O)c2cc(Cl)c[nH]2)c1C(=O)O. The van der Waals surface area contributed by atoms with E-state index in [0.29, 0.717) is 10.7 Å². The Labute approximate surface area is 111 Å². The molecule has 1 amide bonds. The van der Waals surface area contributed by atoms with E-state index in [1.807, 2.05) is 0 Å². The number of carboxylic acid groups (broad SMARTS) is 1. The fourth-order valence-electron chi connectivity index (χ4n) is 1.38. The highest BCUT2D eigenvalue weighted by Gasteiger charge is 2.20. The molecule has 0 atom stereocenters. The molecule has 0 aliphatic heterocycles. The lowest BCUT2D eigenvalue weighted by molar-refractivity contribution is 0.0697. The zero-order valence-electron chi connectivity index (χ0n) is 9.15. The summed E-state index contributed by atoms with van der Waals surface area (Å²) in [6, 6.07) is 1.45. The molecule has 2 rings (SSSR count). The third kappa shape index (κ3) is 2.36. The van der Waals surface area contributed by atoms with Gasteiger partial charge in [0.15, 0.2) is 0 Å². The second kappa shape index (κ2) is 4.79. The van der Waals surface area contributed by atoms with Gasteiger partial charge in [0.25, 0.3) is 5.91 Å². The van der Waals surface area contributed by atoms with Crippen molar-refractivity contribution in [2.75, 3.05) is 5.32 Å². The molecule has 0 spiro atoms. The van der Waals surface area contributed by atoms with Crippen LogP contribution in [0.2, 0.25) is 5.02 Å². The van der Waals surface area contributed by atoms with Crippen LogP contribution in [0.25, 0.3) is 0 Å². The van der Waals surface area contributed by atoms with Crippen LogP contribution in [0.4, 0.5) is 5.00 Å². The number of anilines is 1. The van der Waals surface area contributed by atoms with Crippen molar-refractivity contribution >= 4 is 40.0 Å². The van der Waals surface area contributed by atoms with E-state index in [1.165, 1.54) is 12.3 Å². The minimum Gasteiger partial charge on any atom is -0.478 e. The Bertz CT molecular complexity index is 620. The standard InChI is InChI=1S/C10H8ClN3O3S/c1-4-7(10(16)17)9(18-14-4)13-8(15)6-2-5(11)3-12-6/h2-3,12H,1H3,(H,13,15)(H,16,17). The highest BCUT2D eigenvalue weighted by atomic mass is 35.5. The number of aromatic amines is 1. The number of nitrogens with one attached hydrogen (secondary N) is 2. The number of rotatable bonds is 3. The van der Waals surface area contributed by atoms with Crippen molar-refractivity contribution < 1.29 is 14.7 Å². The first-order valence-electron chi connectivity index (χ1n) is 4.84. The van der Waals surface area contributed by atoms with Crippen LogP contribution in [0.1, 0.15) is 26.5 Å². The first-order valence-corrected chi connectivity index (χ1v) is 5.99. The summed E-state index contributed by atoms with van der Waals surface area (Å²) in [6.07, 6.45) is 1.46. The summed E-state index contributed by atoms with van der Waals surface area (Å²) in [7, 11) is 0. The highest BCUT2D eigenvalue weighted by molar-refractivity contribution is 7.11. The van der Waals surface area contributed by atoms with Gasteiger partial charge in [0.1, 0.15) is 16.3 Å². The lowest BCUT2D eigenvalue weighted by atomic mass is 10.2. The van der Waals surface area contributed by atoms with Gasteiger partial charge in [0.05, 0.1) is 10.7 Å². The number of nitrogens with zero attached hydrogens (tertiary/aromatic N) is 1. The van der Waals surface area contributed by atoms with Crippen molar-refractivity contribution in [1.29, 1.82) is 0 Å². The number of carbonyl (C=O) groups is 2. The number of aromatic nitrogens is 2. The number of hydrogen-bond acceptors (Lipinski definition) is 4. The molecular weight excluding hydrogens is 278 g/mol. The molecule has 0 bridgehead atoms. The van der Waals surface area contributed by atoms with Crippen LogP contribution in [0.3, 0.4) is 0 Å². The van der Waals surface area contributed by atoms with Crippen molar-refractivity contribution in [3.05, 3.63) is 34.2 Å². The summed E-state index contributed by atoms with van der Waals surface area (Å²) in [4.78, 5) is 25.5. The van der Waals surface area contributed by atoms with E-state index >= 15 is 0 Å². The van der Waals surface area contributed by atoms with E-state index in [2.05, 4.69) is 14.7 Å². The maximum atomic E-state index is 11.8. The number of carboxylic acids is 1. The Hall–Kier alpha value is -1.86. The minimum absolute atomic E-state index is 0.00556. The van der Waals surface area contributed by atoms with Crippen LogP contribution in [0.5, 0.6) is 0 Å². The summed E-state index contributed by atoms with van der Waals surface area (Å²) in [6.45, 7) is 1.57. The van der Waals surface area contributed by atoms with Crippen LogP contribution in [0.15, 0.2) is 12.3 Å². The largest absolute Gasteiger partial charge is 0.478 e. The third-order valence-electron chi connectivity index (χ3n) is 2.20. The van der Waals surface area contributed by atoms with E-state index in [-0.39, 0.29) is 16.3 Å². The maximum absolute atomic E-state index is 11.8. The molecule has 8 heteroatoms. The smallest absolute Gasteiger partial charge is 0.340 e. The third-order valence-corrected chi connectivity index (χ3v) is 3.27. The van der Waals surface area contributed by atoms with E-state index in [4.69, 9.17) is 16.7 Å². The maximum Gasteiger partial charge on any atom is 0.340 e. The van der Waals surface area contributed by atoms with Crippen LogP contribution >= 0.6 is 23.1 Å². The molecule has 0 radical (unpaired) electrons. The fourth-order valence-corrected chi connectivity index (χ4v) is 2.32. The molecular formula is C10H8ClN3O3S. The monoisotopic (exact) mass is 285 g/mol. The molecule has 6 nitrogen and oxygen atoms in total. The van der Waals surface area contributed by atoms with Gasteiger partial charge in [-0.25, -0.2) is 4.79 Å². The lowest BCUT2D eigenvalue weighted by Gasteiger charge is -2.01. The van der Waals surface area contributed by atoms with Gasteiger partial charge < -0.3 is 15.4 Å². The second-order valence-electron chi connectivity index (χ2n) is 3.46. The first kappa shape index (κ1) is 12.6. The number of carbonyl (C=O) groups excluding carboxylic acids is 1. The molecule has 0 aliphatic carbocycles. The van der Waals surface area contributed by atoms with Crippen molar-refractivity contribution in [2.45, 2.75) is 6.92 Å². The minimum atomic E-state index is -1.12. The summed E-state index contributed by atoms with van der Waals surface area (Å²) < 4.78 is 3.90. The van der Waals surface area contributed by atoms with Gasteiger partial charge in [0.2, 0.25) is 0 Å². The first-order chi connectivity index (χ1) is 8.49. The van der Waals surface area contributed by atoms with Crippen molar-refractivity contribution in [1.82, 2.24) is 9.36 Å². The molecule has 3 N–H and O–H groups in total. The average molecular weight is 286 g/mol. The van der Waals surface area contributed by atoms with E-state index in [9.17, 15) is 9.59 Å². The second-order valence-corrected chi connectivity index (χ2v) is 4.67. The van der Waals surface area contributed by atoms with Crippen LogP contribution in [0, 0.1) is 6.92 Å². The summed E-state index contributed by atoms with van der Waals surface area (Å²) in [5.41, 5.74) is 0.626. The van der Waals surface area contributed by atoms with Crippen LogP contribution in [-0.2, 0) is 0 Å². The van der Waals surface area contributed by atoms with E-state index in [1.54, 1.807) is 6.92 Å². The molecule has 2 aromatic rings. The number of hydrogen-bond donors (Lipinski definition) is 3. The van der Waals surface area contributed by atoms with E-state index in [0.717, 1.165) is 11.5 Å². The van der Waals surface area contributed by atoms with Crippen molar-refractivity contribution in [3.63, 3.8) is 0 Å². The Morgan fingerprint density at radius 3 is 2.83 bits per heavy atom. The fraction of sp³-hybridized carbons (Fsp3) is 0.100. The summed E-state index contributed by atoms with van der Waals surface area (Å²) in [5.74, 6) is -1.59. The highest BCUT2D eigenvalue weighted by Crippen LogP contribution is 2.25. The Kier molecular flexibility index (Phi) is 3.35. The molecule has 0 fully saturated rings. The summed E-state index contributed by atoms with van der Waals surface area (Å²) >= 11 is 6.60. The van der Waals surface area contributed by atoms with Gasteiger partial charge >= 0.3 is 5.97 Å². The molecule has 0 saturated carbocycles. The molecule has 0 aromatic carbocycles. The number of aryl methyl sites for hydroxylation is 1. The molecule has 18 heavy (non-hydrogen) atoms. The predicted molar refractivity (Wildman–Crippen MR) is 67.6 cm³/mol. The van der Waals surface area contributed by atoms with Gasteiger partial charge in [-0.2, -0.15) is 4.37 Å². The zero-order valence-corrected chi connectivity index (χ0v) is 10.7. The molecule has 0 unspecified atom stereocenters. The predicted octanol–water partition coefficient (Wildman–Crippen LogP) is 2.38. The molecule has 0 saturated heterocycles. The summed E-state index contributed by atoms with van der Waals surface area (Å²) in [5, 5.41) is 12.1. The number of aromatic carboxylic acids is 1. The topological polar surface area (TPSA) is 95.1 Å². The number of halogens is 1.